The van der Waals surface area contributed by atoms with Gasteiger partial charge in [-0.2, -0.15) is 0 Å². The fourth-order valence-electron chi connectivity index (χ4n) is 5.90. The molecule has 4 unspecified atom stereocenters. The van der Waals surface area contributed by atoms with Gasteiger partial charge in [-0.05, 0) is 61.1 Å². The quantitative estimate of drug-likeness (QED) is 0.404. The highest BCUT2D eigenvalue weighted by molar-refractivity contribution is 5.93. The molecule has 5 rings (SSSR count). The number of ether oxygens (including phenoxy) is 1. The molecule has 4 atom stereocenters. The molecule has 1 saturated heterocycles. The summed E-state index contributed by atoms with van der Waals surface area (Å²) in [5.74, 6) is 2.11. The minimum Gasteiger partial charge on any atom is -0.476 e. The molecular formula is C32H51NO2. The second kappa shape index (κ2) is 11.4. The van der Waals surface area contributed by atoms with Crippen molar-refractivity contribution in [3.05, 3.63) is 53.6 Å². The summed E-state index contributed by atoms with van der Waals surface area (Å²) in [6.07, 6.45) is 11.4. The van der Waals surface area contributed by atoms with E-state index < -0.39 is 5.60 Å². The SMILES string of the molecule is C.C.C=C(Cc1cccc(C2=CC3CC3(C(=O)N3CCCC4CCCCC43)O2)c1)C(C)(C)C.CC. The van der Waals surface area contributed by atoms with E-state index in [4.69, 9.17) is 4.74 Å². The molecule has 3 heteroatoms. The Bertz CT molecular complexity index is 922. The van der Waals surface area contributed by atoms with Crippen LogP contribution in [0, 0.1) is 17.3 Å². The molecule has 0 N–H and O–H groups in total. The molecular weight excluding hydrogens is 430 g/mol. The molecule has 0 aromatic heterocycles. The monoisotopic (exact) mass is 481 g/mol. The highest BCUT2D eigenvalue weighted by atomic mass is 16.5. The van der Waals surface area contributed by atoms with Crippen molar-refractivity contribution in [1.82, 2.24) is 4.90 Å². The molecule has 3 nitrogen and oxygen atoms in total. The van der Waals surface area contributed by atoms with Crippen LogP contribution in [0.15, 0.2) is 42.5 Å². The molecule has 35 heavy (non-hydrogen) atoms. The van der Waals surface area contributed by atoms with E-state index in [1.165, 1.54) is 43.2 Å². The van der Waals surface area contributed by atoms with Crippen molar-refractivity contribution >= 4 is 11.7 Å². The van der Waals surface area contributed by atoms with Gasteiger partial charge in [-0.3, -0.25) is 4.79 Å². The van der Waals surface area contributed by atoms with E-state index in [0.29, 0.717) is 12.0 Å². The van der Waals surface area contributed by atoms with Crippen molar-refractivity contribution in [2.45, 2.75) is 112 Å². The van der Waals surface area contributed by atoms with Crippen LogP contribution in [-0.2, 0) is 16.0 Å². The van der Waals surface area contributed by atoms with Gasteiger partial charge in [0.15, 0.2) is 5.60 Å². The predicted octanol–water partition coefficient (Wildman–Crippen LogP) is 8.44. The number of benzene rings is 1. The normalized spacial score (nSPS) is 28.4. The molecule has 0 spiro atoms. The summed E-state index contributed by atoms with van der Waals surface area (Å²) in [6, 6.07) is 9.03. The molecule has 2 aliphatic heterocycles. The lowest BCUT2D eigenvalue weighted by Crippen LogP contribution is -2.54. The molecule has 2 heterocycles. The topological polar surface area (TPSA) is 29.5 Å². The first-order valence-electron chi connectivity index (χ1n) is 13.3. The summed E-state index contributed by atoms with van der Waals surface area (Å²) in [4.78, 5) is 15.9. The van der Waals surface area contributed by atoms with Crippen LogP contribution in [0.5, 0.6) is 0 Å². The largest absolute Gasteiger partial charge is 0.476 e. The van der Waals surface area contributed by atoms with Gasteiger partial charge in [-0.25, -0.2) is 0 Å². The number of allylic oxidation sites excluding steroid dienone is 1. The van der Waals surface area contributed by atoms with Gasteiger partial charge in [0.1, 0.15) is 5.76 Å². The van der Waals surface area contributed by atoms with Gasteiger partial charge in [0, 0.05) is 30.5 Å². The molecule has 196 valence electrons. The fraction of sp³-hybridized carbons (Fsp3) is 0.656. The van der Waals surface area contributed by atoms with E-state index in [2.05, 4.69) is 62.6 Å². The Morgan fingerprint density at radius 1 is 1.11 bits per heavy atom. The Morgan fingerprint density at radius 2 is 1.80 bits per heavy atom. The van der Waals surface area contributed by atoms with Gasteiger partial charge in [0.25, 0.3) is 5.91 Å². The zero-order valence-electron chi connectivity index (χ0n) is 21.5. The minimum absolute atomic E-state index is 0. The van der Waals surface area contributed by atoms with E-state index >= 15 is 0 Å². The number of hydrogen-bond acceptors (Lipinski definition) is 2. The molecule has 4 aliphatic rings. The summed E-state index contributed by atoms with van der Waals surface area (Å²) in [7, 11) is 0. The molecule has 2 saturated carbocycles. The maximum absolute atomic E-state index is 13.7. The number of likely N-dealkylation sites (tertiary alicyclic amines) is 1. The van der Waals surface area contributed by atoms with Gasteiger partial charge in [-0.1, -0.05) is 92.7 Å². The number of rotatable bonds is 4. The molecule has 3 fully saturated rings. The van der Waals surface area contributed by atoms with Crippen LogP contribution in [0.25, 0.3) is 5.76 Å². The van der Waals surface area contributed by atoms with Crippen LogP contribution in [0.3, 0.4) is 0 Å². The Morgan fingerprint density at radius 3 is 2.51 bits per heavy atom. The summed E-state index contributed by atoms with van der Waals surface area (Å²) in [6.45, 7) is 15.8. The van der Waals surface area contributed by atoms with Gasteiger partial charge in [-0.15, -0.1) is 0 Å². The Balaban J connectivity index is 0.00000105. The lowest BCUT2D eigenvalue weighted by molar-refractivity contribution is -0.148. The van der Waals surface area contributed by atoms with E-state index in [1.54, 1.807) is 0 Å². The average Bonchev–Trinajstić information content (AvgIpc) is 3.39. The van der Waals surface area contributed by atoms with E-state index in [1.807, 2.05) is 13.8 Å². The van der Waals surface area contributed by atoms with Gasteiger partial charge in [0.2, 0.25) is 0 Å². The average molecular weight is 482 g/mol. The fourth-order valence-corrected chi connectivity index (χ4v) is 5.90. The maximum Gasteiger partial charge on any atom is 0.267 e. The molecule has 2 aliphatic carbocycles. The molecule has 0 bridgehead atoms. The summed E-state index contributed by atoms with van der Waals surface area (Å²) in [5, 5.41) is 0. The van der Waals surface area contributed by atoms with E-state index in [9.17, 15) is 4.79 Å². The molecule has 1 aromatic carbocycles. The van der Waals surface area contributed by atoms with Gasteiger partial charge < -0.3 is 9.64 Å². The van der Waals surface area contributed by atoms with E-state index in [-0.39, 0.29) is 32.1 Å². The highest BCUT2D eigenvalue weighted by Gasteiger charge is 2.67. The number of carbonyl (C=O) groups is 1. The first kappa shape index (κ1) is 29.2. The van der Waals surface area contributed by atoms with Crippen LogP contribution in [0.1, 0.15) is 106 Å². The van der Waals surface area contributed by atoms with Gasteiger partial charge in [0.05, 0.1) is 0 Å². The van der Waals surface area contributed by atoms with Crippen LogP contribution in [0.4, 0.5) is 0 Å². The van der Waals surface area contributed by atoms with E-state index in [0.717, 1.165) is 37.1 Å². The third kappa shape index (κ3) is 5.70. The minimum atomic E-state index is -0.611. The van der Waals surface area contributed by atoms with Crippen molar-refractivity contribution in [3.63, 3.8) is 0 Å². The second-order valence-corrected chi connectivity index (χ2v) is 11.3. The predicted molar refractivity (Wildman–Crippen MR) is 150 cm³/mol. The number of hydrogen-bond donors (Lipinski definition) is 0. The molecule has 0 radical (unpaired) electrons. The van der Waals surface area contributed by atoms with Crippen LogP contribution < -0.4 is 0 Å². The lowest BCUT2D eigenvalue weighted by Gasteiger charge is -2.45. The number of nitrogens with zero attached hydrogens (tertiary/aromatic N) is 1. The Kier molecular flexibility index (Phi) is 9.47. The van der Waals surface area contributed by atoms with Gasteiger partial charge >= 0.3 is 0 Å². The van der Waals surface area contributed by atoms with Crippen LogP contribution >= 0.6 is 0 Å². The standard InChI is InChI=1S/C28H37NO2.C2H6.2CH4/c1-19(27(2,3)4)15-20-9-7-11-22(16-20)25-17-23-18-28(23,31-25)26(30)29-14-8-12-21-10-5-6-13-24(21)29;1-2;;/h7,9,11,16-17,21,23-24H,1,5-6,8,10,12-15,18H2,2-4H3;1-2H3;2*1H4. The molecule has 1 amide bonds. The van der Waals surface area contributed by atoms with Crippen molar-refractivity contribution in [3.8, 4) is 0 Å². The third-order valence-corrected chi connectivity index (χ3v) is 8.16. The number of piperidine rings is 1. The Labute approximate surface area is 216 Å². The molecule has 1 aromatic rings. The zero-order chi connectivity index (χ0) is 23.8. The number of fused-ring (bicyclic) bond motifs is 2. The van der Waals surface area contributed by atoms with Crippen molar-refractivity contribution in [2.75, 3.05) is 6.54 Å². The van der Waals surface area contributed by atoms with Crippen molar-refractivity contribution in [2.24, 2.45) is 17.3 Å². The zero-order valence-corrected chi connectivity index (χ0v) is 21.5. The first-order chi connectivity index (χ1) is 15.8. The highest BCUT2D eigenvalue weighted by Crippen LogP contribution is 2.58. The van der Waals surface area contributed by atoms with Crippen molar-refractivity contribution < 1.29 is 9.53 Å². The summed E-state index contributed by atoms with van der Waals surface area (Å²) in [5.41, 5.74) is 3.06. The van der Waals surface area contributed by atoms with Crippen LogP contribution in [-0.4, -0.2) is 29.0 Å². The first-order valence-corrected chi connectivity index (χ1v) is 13.3. The van der Waals surface area contributed by atoms with Crippen molar-refractivity contribution in [1.29, 1.82) is 0 Å². The third-order valence-electron chi connectivity index (χ3n) is 8.16. The number of carbonyl (C=O) groups excluding carboxylic acids is 1. The lowest BCUT2D eigenvalue weighted by atomic mass is 9.78. The second-order valence-electron chi connectivity index (χ2n) is 11.3. The number of amides is 1. The summed E-state index contributed by atoms with van der Waals surface area (Å²) < 4.78 is 6.48. The smallest absolute Gasteiger partial charge is 0.267 e. The maximum atomic E-state index is 13.7. The Hall–Kier alpha value is -2.03. The summed E-state index contributed by atoms with van der Waals surface area (Å²) >= 11 is 0. The van der Waals surface area contributed by atoms with Crippen LogP contribution in [0.2, 0.25) is 0 Å².